The Labute approximate surface area is 160 Å². The minimum absolute atomic E-state index is 0.0470. The molecule has 5 heteroatoms. The van der Waals surface area contributed by atoms with E-state index in [9.17, 15) is 9.59 Å². The average Bonchev–Trinajstić information content (AvgIpc) is 2.65. The Kier molecular flexibility index (Phi) is 7.22. The zero-order chi connectivity index (χ0) is 19.1. The summed E-state index contributed by atoms with van der Waals surface area (Å²) in [6, 6.07) is 16.5. The highest BCUT2D eigenvalue weighted by Crippen LogP contribution is 2.16. The summed E-state index contributed by atoms with van der Waals surface area (Å²) in [6.07, 6.45) is 0. The molecular formula is C21H25ClN2O2. The molecule has 1 unspecified atom stereocenters. The second kappa shape index (κ2) is 9.39. The molecule has 2 aromatic rings. The van der Waals surface area contributed by atoms with Gasteiger partial charge >= 0.3 is 0 Å². The number of rotatable bonds is 7. The van der Waals surface area contributed by atoms with Gasteiger partial charge in [-0.25, -0.2) is 0 Å². The summed E-state index contributed by atoms with van der Waals surface area (Å²) in [5, 5.41) is 3.49. The molecule has 0 aliphatic carbocycles. The molecule has 26 heavy (non-hydrogen) atoms. The van der Waals surface area contributed by atoms with Gasteiger partial charge in [0.2, 0.25) is 11.8 Å². The largest absolute Gasteiger partial charge is 0.350 e. The maximum atomic E-state index is 12.6. The summed E-state index contributed by atoms with van der Waals surface area (Å²) in [6.45, 7) is 6.17. The van der Waals surface area contributed by atoms with E-state index in [0.29, 0.717) is 18.1 Å². The first-order valence-corrected chi connectivity index (χ1v) is 9.13. The molecule has 0 heterocycles. The maximum Gasteiger partial charge on any atom is 0.242 e. The number of carbonyl (C=O) groups excluding carboxylic acids is 2. The molecule has 0 aliphatic rings. The molecule has 0 radical (unpaired) electrons. The molecule has 2 aromatic carbocycles. The number of hydrogen-bond acceptors (Lipinski definition) is 2. The molecule has 0 aromatic heterocycles. The van der Waals surface area contributed by atoms with Crippen LogP contribution in [0.15, 0.2) is 54.6 Å². The van der Waals surface area contributed by atoms with Gasteiger partial charge in [-0.15, -0.1) is 0 Å². The molecule has 0 bridgehead atoms. The van der Waals surface area contributed by atoms with Crippen LogP contribution in [0, 0.1) is 5.92 Å². The second-order valence-electron chi connectivity index (χ2n) is 6.59. The van der Waals surface area contributed by atoms with Gasteiger partial charge in [0, 0.05) is 24.0 Å². The van der Waals surface area contributed by atoms with Gasteiger partial charge in [0.25, 0.3) is 0 Å². The van der Waals surface area contributed by atoms with Crippen molar-refractivity contribution >= 4 is 23.4 Å². The highest BCUT2D eigenvalue weighted by atomic mass is 35.5. The van der Waals surface area contributed by atoms with E-state index in [0.717, 1.165) is 11.1 Å². The van der Waals surface area contributed by atoms with Crippen molar-refractivity contribution in [2.24, 2.45) is 5.92 Å². The lowest BCUT2D eigenvalue weighted by Gasteiger charge is -2.30. The zero-order valence-corrected chi connectivity index (χ0v) is 16.2. The molecule has 0 spiro atoms. The standard InChI is InChI=1S/C21H25ClN2O2/c1-15(2)21(26)24(14-17-9-5-4-6-10-17)16(3)20(25)23-13-18-11-7-8-12-19(18)22/h4-12,15-16H,13-14H2,1-3H3,(H,23,25). The maximum absolute atomic E-state index is 12.6. The Balaban J connectivity index is 2.09. The van der Waals surface area contributed by atoms with Crippen LogP contribution in [0.2, 0.25) is 5.02 Å². The predicted molar refractivity (Wildman–Crippen MR) is 105 cm³/mol. The van der Waals surface area contributed by atoms with Crippen molar-refractivity contribution in [2.45, 2.75) is 39.9 Å². The van der Waals surface area contributed by atoms with Gasteiger partial charge in [-0.3, -0.25) is 9.59 Å². The van der Waals surface area contributed by atoms with Crippen LogP contribution in [0.1, 0.15) is 31.9 Å². The predicted octanol–water partition coefficient (Wildman–Crippen LogP) is 4.03. The smallest absolute Gasteiger partial charge is 0.242 e. The first-order valence-electron chi connectivity index (χ1n) is 8.75. The fourth-order valence-electron chi connectivity index (χ4n) is 2.63. The van der Waals surface area contributed by atoms with Crippen LogP contribution in [0.3, 0.4) is 0 Å². The van der Waals surface area contributed by atoms with Gasteiger partial charge in [-0.1, -0.05) is 74.0 Å². The van der Waals surface area contributed by atoms with E-state index in [2.05, 4.69) is 5.32 Å². The van der Waals surface area contributed by atoms with E-state index >= 15 is 0 Å². The fraction of sp³-hybridized carbons (Fsp3) is 0.333. The first-order chi connectivity index (χ1) is 12.4. The lowest BCUT2D eigenvalue weighted by Crippen LogP contribution is -2.48. The van der Waals surface area contributed by atoms with Gasteiger partial charge in [0.15, 0.2) is 0 Å². The van der Waals surface area contributed by atoms with Gasteiger partial charge in [-0.05, 0) is 24.1 Å². The van der Waals surface area contributed by atoms with Crippen LogP contribution in [0.25, 0.3) is 0 Å². The Bertz CT molecular complexity index is 747. The summed E-state index contributed by atoms with van der Waals surface area (Å²) < 4.78 is 0. The molecular weight excluding hydrogens is 348 g/mol. The van der Waals surface area contributed by atoms with E-state index < -0.39 is 6.04 Å². The molecule has 1 atom stereocenters. The number of nitrogens with one attached hydrogen (secondary N) is 1. The summed E-state index contributed by atoms with van der Waals surface area (Å²) >= 11 is 6.13. The van der Waals surface area contributed by atoms with E-state index in [4.69, 9.17) is 11.6 Å². The summed E-state index contributed by atoms with van der Waals surface area (Å²) in [5.74, 6) is -0.429. The third-order valence-corrected chi connectivity index (χ3v) is 4.60. The van der Waals surface area contributed by atoms with Crippen LogP contribution in [0.5, 0.6) is 0 Å². The highest BCUT2D eigenvalue weighted by molar-refractivity contribution is 6.31. The zero-order valence-electron chi connectivity index (χ0n) is 15.4. The number of benzene rings is 2. The molecule has 138 valence electrons. The number of hydrogen-bond donors (Lipinski definition) is 1. The Morgan fingerprint density at radius 1 is 1.00 bits per heavy atom. The molecule has 0 aliphatic heterocycles. The summed E-state index contributed by atoms with van der Waals surface area (Å²) in [4.78, 5) is 26.9. The number of amides is 2. The molecule has 0 saturated heterocycles. The van der Waals surface area contributed by atoms with E-state index in [1.807, 2.05) is 62.4 Å². The fourth-order valence-corrected chi connectivity index (χ4v) is 2.83. The van der Waals surface area contributed by atoms with Crippen LogP contribution >= 0.6 is 11.6 Å². The Morgan fingerprint density at radius 2 is 1.62 bits per heavy atom. The minimum Gasteiger partial charge on any atom is -0.350 e. The topological polar surface area (TPSA) is 49.4 Å². The molecule has 4 nitrogen and oxygen atoms in total. The van der Waals surface area contributed by atoms with Crippen LogP contribution in [-0.4, -0.2) is 22.8 Å². The third-order valence-electron chi connectivity index (χ3n) is 4.23. The third kappa shape index (κ3) is 5.33. The van der Waals surface area contributed by atoms with Crippen LogP contribution in [-0.2, 0) is 22.7 Å². The van der Waals surface area contributed by atoms with Gasteiger partial charge in [0.1, 0.15) is 6.04 Å². The number of halogens is 1. The molecule has 1 N–H and O–H groups in total. The van der Waals surface area contributed by atoms with Crippen molar-refractivity contribution in [3.05, 3.63) is 70.7 Å². The van der Waals surface area contributed by atoms with Crippen LogP contribution < -0.4 is 5.32 Å². The quantitative estimate of drug-likeness (QED) is 0.797. The summed E-state index contributed by atoms with van der Waals surface area (Å²) in [7, 11) is 0. The van der Waals surface area contributed by atoms with Crippen molar-refractivity contribution in [3.8, 4) is 0 Å². The molecule has 0 fully saturated rings. The van der Waals surface area contributed by atoms with Crippen molar-refractivity contribution in [3.63, 3.8) is 0 Å². The second-order valence-corrected chi connectivity index (χ2v) is 7.00. The lowest BCUT2D eigenvalue weighted by molar-refractivity contribution is -0.143. The van der Waals surface area contributed by atoms with Crippen molar-refractivity contribution < 1.29 is 9.59 Å². The SMILES string of the molecule is CC(C)C(=O)N(Cc1ccccc1)C(C)C(=O)NCc1ccccc1Cl. The molecule has 0 saturated carbocycles. The van der Waals surface area contributed by atoms with E-state index in [-0.39, 0.29) is 17.7 Å². The van der Waals surface area contributed by atoms with Crippen molar-refractivity contribution in [1.82, 2.24) is 10.2 Å². The highest BCUT2D eigenvalue weighted by Gasteiger charge is 2.27. The average molecular weight is 373 g/mol. The van der Waals surface area contributed by atoms with Crippen molar-refractivity contribution in [1.29, 1.82) is 0 Å². The minimum atomic E-state index is -0.576. The Morgan fingerprint density at radius 3 is 2.23 bits per heavy atom. The number of nitrogens with zero attached hydrogens (tertiary/aromatic N) is 1. The van der Waals surface area contributed by atoms with Crippen LogP contribution in [0.4, 0.5) is 0 Å². The van der Waals surface area contributed by atoms with Crippen molar-refractivity contribution in [2.75, 3.05) is 0 Å². The summed E-state index contributed by atoms with van der Waals surface area (Å²) in [5.41, 5.74) is 1.84. The molecule has 2 rings (SSSR count). The normalized spacial score (nSPS) is 11.9. The van der Waals surface area contributed by atoms with E-state index in [1.165, 1.54) is 0 Å². The van der Waals surface area contributed by atoms with Gasteiger partial charge in [0.05, 0.1) is 0 Å². The molecule has 2 amide bonds. The van der Waals surface area contributed by atoms with E-state index in [1.54, 1.807) is 17.9 Å². The lowest BCUT2D eigenvalue weighted by atomic mass is 10.1. The Hall–Kier alpha value is -2.33. The monoisotopic (exact) mass is 372 g/mol. The first kappa shape index (κ1) is 20.0. The van der Waals surface area contributed by atoms with Gasteiger partial charge < -0.3 is 10.2 Å². The number of carbonyl (C=O) groups is 2. The van der Waals surface area contributed by atoms with Gasteiger partial charge in [-0.2, -0.15) is 0 Å².